The van der Waals surface area contributed by atoms with Crippen molar-refractivity contribution in [3.05, 3.63) is 0 Å². The zero-order valence-electron chi connectivity index (χ0n) is 12.4. The summed E-state index contributed by atoms with van der Waals surface area (Å²) in [7, 11) is 0. The summed E-state index contributed by atoms with van der Waals surface area (Å²) in [6.45, 7) is 4.48. The van der Waals surface area contributed by atoms with Crippen LogP contribution in [0.2, 0.25) is 0 Å². The molecule has 3 amide bonds. The SMILES string of the molecule is CCC(C)C(NC(N)=O)C(=O)NCC1CCC(O)CC1. The zero-order chi connectivity index (χ0) is 15.1. The van der Waals surface area contributed by atoms with Crippen LogP contribution in [0, 0.1) is 11.8 Å². The smallest absolute Gasteiger partial charge is 0.312 e. The van der Waals surface area contributed by atoms with Crippen molar-refractivity contribution in [1.82, 2.24) is 10.6 Å². The molecule has 0 heterocycles. The number of hydrogen-bond donors (Lipinski definition) is 4. The minimum absolute atomic E-state index is 0.0377. The molecule has 0 bridgehead atoms. The number of nitrogens with one attached hydrogen (secondary N) is 2. The summed E-state index contributed by atoms with van der Waals surface area (Å²) >= 11 is 0. The minimum Gasteiger partial charge on any atom is -0.393 e. The molecule has 1 aliphatic carbocycles. The van der Waals surface area contributed by atoms with Gasteiger partial charge in [0.25, 0.3) is 0 Å². The van der Waals surface area contributed by atoms with Crippen LogP contribution in [0.25, 0.3) is 0 Å². The number of aliphatic hydroxyl groups is 1. The highest BCUT2D eigenvalue weighted by atomic mass is 16.3. The van der Waals surface area contributed by atoms with E-state index in [4.69, 9.17) is 5.73 Å². The molecule has 1 saturated carbocycles. The van der Waals surface area contributed by atoms with Crippen molar-refractivity contribution >= 4 is 11.9 Å². The Morgan fingerprint density at radius 3 is 2.40 bits per heavy atom. The highest BCUT2D eigenvalue weighted by Gasteiger charge is 2.26. The van der Waals surface area contributed by atoms with Gasteiger partial charge in [-0.05, 0) is 37.5 Å². The third-order valence-corrected chi connectivity index (χ3v) is 4.17. The molecule has 0 radical (unpaired) electrons. The first kappa shape index (κ1) is 16.8. The molecule has 0 saturated heterocycles. The fourth-order valence-electron chi connectivity index (χ4n) is 2.56. The summed E-state index contributed by atoms with van der Waals surface area (Å²) in [6, 6.07) is -1.25. The molecule has 2 atom stereocenters. The number of urea groups is 1. The van der Waals surface area contributed by atoms with Gasteiger partial charge >= 0.3 is 6.03 Å². The van der Waals surface area contributed by atoms with E-state index in [1.54, 1.807) is 0 Å². The van der Waals surface area contributed by atoms with Crippen molar-refractivity contribution in [2.75, 3.05) is 6.54 Å². The second kappa shape index (κ2) is 8.09. The van der Waals surface area contributed by atoms with E-state index in [-0.39, 0.29) is 17.9 Å². The normalized spacial score (nSPS) is 25.6. The Hall–Kier alpha value is -1.30. The Bertz CT molecular complexity index is 328. The van der Waals surface area contributed by atoms with Gasteiger partial charge in [-0.25, -0.2) is 4.79 Å². The molecular formula is C14H27N3O3. The van der Waals surface area contributed by atoms with E-state index >= 15 is 0 Å². The zero-order valence-corrected chi connectivity index (χ0v) is 12.4. The summed E-state index contributed by atoms with van der Waals surface area (Å²) in [5.41, 5.74) is 5.12. The molecule has 1 aliphatic rings. The molecule has 1 rings (SSSR count). The van der Waals surface area contributed by atoms with Crippen LogP contribution >= 0.6 is 0 Å². The van der Waals surface area contributed by atoms with Crippen LogP contribution < -0.4 is 16.4 Å². The third-order valence-electron chi connectivity index (χ3n) is 4.17. The predicted octanol–water partition coefficient (Wildman–Crippen LogP) is 0.737. The van der Waals surface area contributed by atoms with Gasteiger partial charge < -0.3 is 21.5 Å². The Balaban J connectivity index is 2.43. The van der Waals surface area contributed by atoms with Gasteiger partial charge in [-0.2, -0.15) is 0 Å². The van der Waals surface area contributed by atoms with Crippen molar-refractivity contribution in [2.45, 2.75) is 58.1 Å². The highest BCUT2D eigenvalue weighted by molar-refractivity contribution is 5.86. The molecule has 6 heteroatoms. The van der Waals surface area contributed by atoms with Crippen LogP contribution in [0.3, 0.4) is 0 Å². The number of rotatable bonds is 6. The third kappa shape index (κ3) is 5.36. The number of primary amides is 1. The van der Waals surface area contributed by atoms with Crippen LogP contribution in [-0.2, 0) is 4.79 Å². The molecule has 20 heavy (non-hydrogen) atoms. The van der Waals surface area contributed by atoms with Gasteiger partial charge in [-0.1, -0.05) is 20.3 Å². The second-order valence-corrected chi connectivity index (χ2v) is 5.79. The highest BCUT2D eigenvalue weighted by Crippen LogP contribution is 2.23. The number of aliphatic hydroxyl groups excluding tert-OH is 1. The van der Waals surface area contributed by atoms with Gasteiger partial charge in [0.2, 0.25) is 5.91 Å². The maximum absolute atomic E-state index is 12.2. The molecule has 0 aromatic carbocycles. The summed E-state index contributed by atoms with van der Waals surface area (Å²) in [4.78, 5) is 23.1. The number of carbonyl (C=O) groups is 2. The van der Waals surface area contributed by atoms with Gasteiger partial charge in [-0.3, -0.25) is 4.79 Å². The fourth-order valence-corrected chi connectivity index (χ4v) is 2.56. The van der Waals surface area contributed by atoms with E-state index in [1.807, 2.05) is 13.8 Å². The molecule has 2 unspecified atom stereocenters. The number of carbonyl (C=O) groups excluding carboxylic acids is 2. The van der Waals surface area contributed by atoms with Gasteiger partial charge in [0.15, 0.2) is 0 Å². The Morgan fingerprint density at radius 2 is 1.90 bits per heavy atom. The quantitative estimate of drug-likeness (QED) is 0.578. The first-order chi connectivity index (χ1) is 9.43. The van der Waals surface area contributed by atoms with Crippen molar-refractivity contribution in [1.29, 1.82) is 0 Å². The molecule has 0 aromatic rings. The van der Waals surface area contributed by atoms with Crippen LogP contribution in [-0.4, -0.2) is 35.7 Å². The Kier molecular flexibility index (Phi) is 6.78. The van der Waals surface area contributed by atoms with E-state index in [0.29, 0.717) is 12.5 Å². The maximum Gasteiger partial charge on any atom is 0.312 e. The van der Waals surface area contributed by atoms with Gasteiger partial charge in [-0.15, -0.1) is 0 Å². The van der Waals surface area contributed by atoms with E-state index < -0.39 is 12.1 Å². The topological polar surface area (TPSA) is 104 Å². The largest absolute Gasteiger partial charge is 0.393 e. The maximum atomic E-state index is 12.2. The number of nitrogens with two attached hydrogens (primary N) is 1. The van der Waals surface area contributed by atoms with Gasteiger partial charge in [0.1, 0.15) is 6.04 Å². The van der Waals surface area contributed by atoms with Crippen molar-refractivity contribution in [2.24, 2.45) is 17.6 Å². The van der Waals surface area contributed by atoms with Crippen LogP contribution in [0.5, 0.6) is 0 Å². The summed E-state index contributed by atoms with van der Waals surface area (Å²) in [5, 5.41) is 14.9. The predicted molar refractivity (Wildman–Crippen MR) is 76.9 cm³/mol. The molecule has 116 valence electrons. The van der Waals surface area contributed by atoms with Crippen molar-refractivity contribution < 1.29 is 14.7 Å². The van der Waals surface area contributed by atoms with Crippen LogP contribution in [0.1, 0.15) is 46.0 Å². The Morgan fingerprint density at radius 1 is 1.30 bits per heavy atom. The first-order valence-electron chi connectivity index (χ1n) is 7.45. The van der Waals surface area contributed by atoms with Crippen LogP contribution in [0.15, 0.2) is 0 Å². The monoisotopic (exact) mass is 285 g/mol. The average Bonchev–Trinajstić information content (AvgIpc) is 2.42. The van der Waals surface area contributed by atoms with Crippen molar-refractivity contribution in [3.63, 3.8) is 0 Å². The number of hydrogen-bond acceptors (Lipinski definition) is 3. The van der Waals surface area contributed by atoms with Crippen molar-refractivity contribution in [3.8, 4) is 0 Å². The van der Waals surface area contributed by atoms with E-state index in [0.717, 1.165) is 32.1 Å². The standard InChI is InChI=1S/C14H27N3O3/c1-3-9(2)12(17-14(15)20)13(19)16-8-10-4-6-11(18)7-5-10/h9-12,18H,3-8H2,1-2H3,(H,16,19)(H3,15,17,20). The summed E-state index contributed by atoms with van der Waals surface area (Å²) < 4.78 is 0. The molecule has 0 aromatic heterocycles. The van der Waals surface area contributed by atoms with Crippen LogP contribution in [0.4, 0.5) is 4.79 Å². The lowest BCUT2D eigenvalue weighted by molar-refractivity contribution is -0.124. The summed E-state index contributed by atoms with van der Waals surface area (Å²) in [5.74, 6) is 0.272. The lowest BCUT2D eigenvalue weighted by atomic mass is 9.87. The van der Waals surface area contributed by atoms with Gasteiger partial charge in [0, 0.05) is 6.54 Å². The molecule has 0 spiro atoms. The Labute approximate surface area is 120 Å². The fraction of sp³-hybridized carbons (Fsp3) is 0.857. The molecule has 1 fully saturated rings. The molecule has 0 aliphatic heterocycles. The van der Waals surface area contributed by atoms with E-state index in [9.17, 15) is 14.7 Å². The molecule has 6 nitrogen and oxygen atoms in total. The van der Waals surface area contributed by atoms with E-state index in [1.165, 1.54) is 0 Å². The van der Waals surface area contributed by atoms with E-state index in [2.05, 4.69) is 10.6 Å². The first-order valence-corrected chi connectivity index (χ1v) is 7.45. The summed E-state index contributed by atoms with van der Waals surface area (Å²) in [6.07, 6.45) is 4.06. The van der Waals surface area contributed by atoms with Gasteiger partial charge in [0.05, 0.1) is 6.10 Å². The molecule has 5 N–H and O–H groups in total. The lowest BCUT2D eigenvalue weighted by Gasteiger charge is -2.27. The lowest BCUT2D eigenvalue weighted by Crippen LogP contribution is -2.52. The molecular weight excluding hydrogens is 258 g/mol. The number of amides is 3. The minimum atomic E-state index is -0.675. The average molecular weight is 285 g/mol. The second-order valence-electron chi connectivity index (χ2n) is 5.79.